The summed E-state index contributed by atoms with van der Waals surface area (Å²) in [6, 6.07) is 13.4. The summed E-state index contributed by atoms with van der Waals surface area (Å²) in [6.45, 7) is 2.44. The van der Waals surface area contributed by atoms with E-state index in [-0.39, 0.29) is 24.4 Å². The van der Waals surface area contributed by atoms with Gasteiger partial charge >= 0.3 is 0 Å². The maximum Gasteiger partial charge on any atom is 0.254 e. The van der Waals surface area contributed by atoms with Crippen LogP contribution < -0.4 is 5.32 Å². The highest BCUT2D eigenvalue weighted by Crippen LogP contribution is 2.21. The Balaban J connectivity index is 0.00000240. The van der Waals surface area contributed by atoms with E-state index >= 15 is 0 Å². The molecule has 8 heteroatoms. The van der Waals surface area contributed by atoms with Gasteiger partial charge in [0, 0.05) is 23.4 Å². The van der Waals surface area contributed by atoms with Crippen molar-refractivity contribution >= 4 is 18.3 Å². The van der Waals surface area contributed by atoms with E-state index in [1.54, 1.807) is 6.20 Å². The summed E-state index contributed by atoms with van der Waals surface area (Å²) in [5.41, 5.74) is 2.37. The van der Waals surface area contributed by atoms with Crippen LogP contribution >= 0.6 is 12.4 Å². The number of pyridine rings is 1. The molecule has 7 nitrogen and oxygen atoms in total. The number of rotatable bonds is 5. The zero-order valence-corrected chi connectivity index (χ0v) is 16.8. The van der Waals surface area contributed by atoms with Crippen LogP contribution in [0.3, 0.4) is 0 Å². The third-order valence-electron chi connectivity index (χ3n) is 5.06. The van der Waals surface area contributed by atoms with E-state index in [0.29, 0.717) is 17.9 Å². The molecule has 3 heterocycles. The Morgan fingerprint density at radius 1 is 1.10 bits per heavy atom. The van der Waals surface area contributed by atoms with Gasteiger partial charge in [-0.2, -0.15) is 4.98 Å². The standard InChI is InChI=1S/C21H23N5O2.ClH/c27-21(17-8-6-16(7-9-17)20-24-15-28-25-20)26(14-18-4-1-2-12-23-18)19-5-3-11-22-13-10-19;/h1-2,4,6-9,12,15,19,22H,3,5,10-11,13-14H2;1H. The molecule has 1 aliphatic rings. The lowest BCUT2D eigenvalue weighted by Gasteiger charge is -2.31. The Hall–Kier alpha value is -2.77. The average molecular weight is 414 g/mol. The number of hydrogen-bond donors (Lipinski definition) is 1. The van der Waals surface area contributed by atoms with E-state index in [4.69, 9.17) is 4.52 Å². The number of nitrogens with one attached hydrogen (secondary N) is 1. The summed E-state index contributed by atoms with van der Waals surface area (Å²) in [4.78, 5) is 23.8. The minimum Gasteiger partial charge on any atom is -0.342 e. The molecule has 0 aliphatic carbocycles. The molecule has 0 bridgehead atoms. The predicted octanol–water partition coefficient (Wildman–Crippen LogP) is 3.34. The number of carbonyl (C=O) groups excluding carboxylic acids is 1. The molecule has 1 amide bonds. The molecule has 1 N–H and O–H groups in total. The third-order valence-corrected chi connectivity index (χ3v) is 5.06. The van der Waals surface area contributed by atoms with Crippen molar-refractivity contribution in [3.05, 3.63) is 66.3 Å². The van der Waals surface area contributed by atoms with E-state index in [9.17, 15) is 4.79 Å². The van der Waals surface area contributed by atoms with Crippen molar-refractivity contribution < 1.29 is 9.32 Å². The van der Waals surface area contributed by atoms with Gasteiger partial charge < -0.3 is 14.7 Å². The van der Waals surface area contributed by atoms with Crippen LogP contribution in [0.25, 0.3) is 11.4 Å². The highest BCUT2D eigenvalue weighted by atomic mass is 35.5. The molecule has 1 atom stereocenters. The molecule has 1 fully saturated rings. The second-order valence-electron chi connectivity index (χ2n) is 6.92. The number of amides is 1. The van der Waals surface area contributed by atoms with Crippen molar-refractivity contribution in [3.63, 3.8) is 0 Å². The van der Waals surface area contributed by atoms with Crippen molar-refractivity contribution in [1.82, 2.24) is 25.3 Å². The lowest BCUT2D eigenvalue weighted by atomic mass is 10.0. The number of nitrogens with zero attached hydrogens (tertiary/aromatic N) is 4. The van der Waals surface area contributed by atoms with Crippen LogP contribution in [0.2, 0.25) is 0 Å². The van der Waals surface area contributed by atoms with Gasteiger partial charge in [0.25, 0.3) is 5.91 Å². The average Bonchev–Trinajstić information content (AvgIpc) is 3.15. The first-order valence-electron chi connectivity index (χ1n) is 9.59. The molecule has 152 valence electrons. The van der Waals surface area contributed by atoms with Gasteiger partial charge in [-0.1, -0.05) is 23.4 Å². The van der Waals surface area contributed by atoms with Crippen molar-refractivity contribution in [1.29, 1.82) is 0 Å². The second kappa shape index (κ2) is 10.1. The SMILES string of the molecule is Cl.O=C(c1ccc(-c2ncon2)cc1)N(Cc1ccccn1)C1CCCNCC1. The number of halogens is 1. The Labute approximate surface area is 175 Å². The molecule has 0 saturated carbocycles. The zero-order chi connectivity index (χ0) is 19.2. The van der Waals surface area contributed by atoms with E-state index in [0.717, 1.165) is 43.6 Å². The van der Waals surface area contributed by atoms with Crippen molar-refractivity contribution in [2.75, 3.05) is 13.1 Å². The van der Waals surface area contributed by atoms with Gasteiger partial charge in [-0.3, -0.25) is 9.78 Å². The fraction of sp³-hybridized carbons (Fsp3) is 0.333. The minimum absolute atomic E-state index is 0. The smallest absolute Gasteiger partial charge is 0.254 e. The van der Waals surface area contributed by atoms with Crippen molar-refractivity contribution in [2.45, 2.75) is 31.8 Å². The molecule has 0 spiro atoms. The summed E-state index contributed by atoms with van der Waals surface area (Å²) >= 11 is 0. The molecule has 1 aliphatic heterocycles. The normalized spacial score (nSPS) is 16.5. The van der Waals surface area contributed by atoms with Gasteiger partial charge in [-0.05, 0) is 56.6 Å². The number of carbonyl (C=O) groups is 1. The van der Waals surface area contributed by atoms with Gasteiger partial charge in [0.15, 0.2) is 0 Å². The zero-order valence-electron chi connectivity index (χ0n) is 16.0. The van der Waals surface area contributed by atoms with Gasteiger partial charge in [0.1, 0.15) is 0 Å². The maximum absolute atomic E-state index is 13.4. The number of aromatic nitrogens is 3. The van der Waals surface area contributed by atoms with Crippen molar-refractivity contribution in [2.24, 2.45) is 0 Å². The summed E-state index contributed by atoms with van der Waals surface area (Å²) in [6.07, 6.45) is 6.06. The van der Waals surface area contributed by atoms with Crippen LogP contribution in [-0.2, 0) is 6.54 Å². The summed E-state index contributed by atoms with van der Waals surface area (Å²) < 4.78 is 4.79. The molecule has 3 aromatic rings. The van der Waals surface area contributed by atoms with Crippen LogP contribution in [0.1, 0.15) is 35.3 Å². The highest BCUT2D eigenvalue weighted by molar-refractivity contribution is 5.94. The Morgan fingerprint density at radius 3 is 2.69 bits per heavy atom. The lowest BCUT2D eigenvalue weighted by Crippen LogP contribution is -2.40. The lowest BCUT2D eigenvalue weighted by molar-refractivity contribution is 0.0642. The Morgan fingerprint density at radius 2 is 1.97 bits per heavy atom. The molecule has 4 rings (SSSR count). The van der Waals surface area contributed by atoms with Gasteiger partial charge in [-0.25, -0.2) is 0 Å². The predicted molar refractivity (Wildman–Crippen MR) is 112 cm³/mol. The third kappa shape index (κ3) is 5.19. The van der Waals surface area contributed by atoms with Crippen LogP contribution in [-0.4, -0.2) is 45.1 Å². The van der Waals surface area contributed by atoms with Gasteiger partial charge in [0.05, 0.1) is 12.2 Å². The molecular weight excluding hydrogens is 390 g/mol. The molecule has 29 heavy (non-hydrogen) atoms. The van der Waals surface area contributed by atoms with Crippen LogP contribution in [0.5, 0.6) is 0 Å². The minimum atomic E-state index is 0. The Bertz CT molecular complexity index is 879. The quantitative estimate of drug-likeness (QED) is 0.690. The van der Waals surface area contributed by atoms with E-state index in [1.807, 2.05) is 47.4 Å². The van der Waals surface area contributed by atoms with Crippen molar-refractivity contribution in [3.8, 4) is 11.4 Å². The summed E-state index contributed by atoms with van der Waals surface area (Å²) in [7, 11) is 0. The number of benzene rings is 1. The van der Waals surface area contributed by atoms with E-state index in [2.05, 4.69) is 20.4 Å². The largest absolute Gasteiger partial charge is 0.342 e. The van der Waals surface area contributed by atoms with Gasteiger partial charge in [0.2, 0.25) is 12.2 Å². The topological polar surface area (TPSA) is 84.2 Å². The second-order valence-corrected chi connectivity index (χ2v) is 6.92. The van der Waals surface area contributed by atoms with Crippen LogP contribution in [0.15, 0.2) is 59.6 Å². The summed E-state index contributed by atoms with van der Waals surface area (Å²) in [5.74, 6) is 0.538. The fourth-order valence-corrected chi connectivity index (χ4v) is 3.57. The molecule has 0 radical (unpaired) electrons. The monoisotopic (exact) mass is 413 g/mol. The molecule has 1 unspecified atom stereocenters. The first-order chi connectivity index (χ1) is 13.8. The van der Waals surface area contributed by atoms with E-state index in [1.165, 1.54) is 6.39 Å². The highest BCUT2D eigenvalue weighted by Gasteiger charge is 2.26. The molecular formula is C21H24ClN5O2. The molecule has 2 aromatic heterocycles. The Kier molecular flexibility index (Phi) is 7.32. The van der Waals surface area contributed by atoms with Gasteiger partial charge in [-0.15, -0.1) is 12.4 Å². The maximum atomic E-state index is 13.4. The fourth-order valence-electron chi connectivity index (χ4n) is 3.57. The molecule has 1 saturated heterocycles. The molecule has 1 aromatic carbocycles. The first-order valence-corrected chi connectivity index (χ1v) is 9.59. The summed E-state index contributed by atoms with van der Waals surface area (Å²) in [5, 5.41) is 7.26. The van der Waals surface area contributed by atoms with Crippen LogP contribution in [0, 0.1) is 0 Å². The number of hydrogen-bond acceptors (Lipinski definition) is 6. The first kappa shape index (κ1) is 21.0. The van der Waals surface area contributed by atoms with E-state index < -0.39 is 0 Å². The van der Waals surface area contributed by atoms with Crippen LogP contribution in [0.4, 0.5) is 0 Å².